The monoisotopic (exact) mass is 1550 g/mol. The lowest BCUT2D eigenvalue weighted by molar-refractivity contribution is -0.141. The van der Waals surface area contributed by atoms with Crippen LogP contribution in [0.5, 0.6) is 0 Å². The topological polar surface area (TPSA) is 601 Å². The fourth-order valence-corrected chi connectivity index (χ4v) is 11.1. The summed E-state index contributed by atoms with van der Waals surface area (Å²) in [4.78, 5) is 236. The zero-order valence-electron chi connectivity index (χ0n) is 60.6. The number of amides is 13. The Bertz CT molecular complexity index is 4180. The predicted molar refractivity (Wildman–Crippen MR) is 390 cm³/mol. The lowest BCUT2D eigenvalue weighted by Gasteiger charge is -2.26. The SMILES string of the molecule is CC(=O)N[C@@H](Cc1ccccc1)C(=O)N[C@@H](Cc1ccccc1)C(=O)N[C@@H](C)C(=O)N[C@@H](C)C(=O)N[C@@H](CCC(=O)O)C(=O)N[C@@H](CCC(=O)O)C(=O)NCC(=O)N[C@@H](Cc1cccc(C(=O)O)c1)C(=O)NCC(=O)N[C@@H](Cc1c[nH]c2ccccc12)C(=O)NCCCC[C@H](NC(=O)N[C@@H](CCC(=O)O)C(=O)O)C(=O)O. The molecule has 0 saturated carbocycles. The number of carbonyl (C=O) groups is 18. The van der Waals surface area contributed by atoms with E-state index >= 15 is 0 Å². The summed E-state index contributed by atoms with van der Waals surface area (Å²) in [7, 11) is 0. The van der Waals surface area contributed by atoms with Crippen molar-refractivity contribution in [2.24, 2.45) is 0 Å². The maximum Gasteiger partial charge on any atom is 0.335 e. The number of para-hydroxylation sites is 1. The highest BCUT2D eigenvalue weighted by Gasteiger charge is 2.34. The smallest absolute Gasteiger partial charge is 0.335 e. The van der Waals surface area contributed by atoms with E-state index in [0.29, 0.717) is 27.6 Å². The van der Waals surface area contributed by atoms with Gasteiger partial charge in [0.1, 0.15) is 60.4 Å². The number of carbonyl (C=O) groups excluding carboxylic acids is 12. The molecule has 0 aliphatic carbocycles. The molecule has 0 unspecified atom stereocenters. The number of rotatable bonds is 47. The number of nitrogens with one attached hydrogen (secondary N) is 14. The van der Waals surface area contributed by atoms with E-state index in [-0.39, 0.29) is 56.2 Å². The van der Waals surface area contributed by atoms with Crippen molar-refractivity contribution in [3.63, 3.8) is 0 Å². The van der Waals surface area contributed by atoms with Gasteiger partial charge in [0.25, 0.3) is 0 Å². The predicted octanol–water partition coefficient (Wildman–Crippen LogP) is -1.61. The zero-order valence-corrected chi connectivity index (χ0v) is 60.6. The second-order valence-electron chi connectivity index (χ2n) is 25.7. The summed E-state index contributed by atoms with van der Waals surface area (Å²) >= 11 is 0. The van der Waals surface area contributed by atoms with Crippen LogP contribution in [0.15, 0.2) is 115 Å². The summed E-state index contributed by atoms with van der Waals surface area (Å²) in [6.07, 6.45) is -3.01. The van der Waals surface area contributed by atoms with Gasteiger partial charge in [0.15, 0.2) is 0 Å². The third-order valence-corrected chi connectivity index (χ3v) is 16.9. The van der Waals surface area contributed by atoms with Crippen LogP contribution in [0, 0.1) is 0 Å². The maximum atomic E-state index is 14.1. The summed E-state index contributed by atoms with van der Waals surface area (Å²) < 4.78 is 0. The van der Waals surface area contributed by atoms with E-state index in [1.807, 2.05) is 5.32 Å². The molecular weight excluding hydrogens is 1460 g/mol. The van der Waals surface area contributed by atoms with Gasteiger partial charge >= 0.3 is 41.8 Å². The number of unbranched alkanes of at least 4 members (excludes halogenated alkanes) is 1. The largest absolute Gasteiger partial charge is 0.481 e. The van der Waals surface area contributed by atoms with Gasteiger partial charge in [-0.15, -0.1) is 0 Å². The number of benzene rings is 4. The number of fused-ring (bicyclic) bond motifs is 1. The maximum absolute atomic E-state index is 14.1. The van der Waals surface area contributed by atoms with Crippen LogP contribution in [0.1, 0.15) is 111 Å². The highest BCUT2D eigenvalue weighted by atomic mass is 16.4. The summed E-state index contributed by atoms with van der Waals surface area (Å²) in [5.74, 6) is -19.1. The lowest BCUT2D eigenvalue weighted by atomic mass is 10.0. The van der Waals surface area contributed by atoms with Crippen molar-refractivity contribution in [1.29, 1.82) is 0 Å². The van der Waals surface area contributed by atoms with Crippen LogP contribution in [-0.2, 0) is 102 Å². The highest BCUT2D eigenvalue weighted by molar-refractivity contribution is 5.99. The molecule has 10 atom stereocenters. The van der Waals surface area contributed by atoms with Gasteiger partial charge < -0.3 is 105 Å². The first-order valence-corrected chi connectivity index (χ1v) is 35.0. The molecule has 1 heterocycles. The van der Waals surface area contributed by atoms with Crippen molar-refractivity contribution in [3.05, 3.63) is 143 Å². The molecule has 38 heteroatoms. The number of aromatic amines is 1. The van der Waals surface area contributed by atoms with Crippen LogP contribution in [0.4, 0.5) is 4.79 Å². The molecule has 5 aromatic rings. The Hall–Kier alpha value is -13.3. The highest BCUT2D eigenvalue weighted by Crippen LogP contribution is 2.20. The molecule has 4 aromatic carbocycles. The van der Waals surface area contributed by atoms with Crippen LogP contribution in [0.25, 0.3) is 10.9 Å². The number of hydrogen-bond donors (Lipinski definition) is 20. The van der Waals surface area contributed by atoms with E-state index in [4.69, 9.17) is 5.11 Å². The van der Waals surface area contributed by atoms with Crippen LogP contribution in [-0.4, -0.2) is 223 Å². The fraction of sp³-hybridized carbons (Fsp3) is 0.397. The number of carboxylic acid groups (broad SMARTS) is 6. The van der Waals surface area contributed by atoms with E-state index in [9.17, 15) is 112 Å². The molecule has 0 aliphatic heterocycles. The van der Waals surface area contributed by atoms with Crippen LogP contribution in [0.2, 0.25) is 0 Å². The minimum atomic E-state index is -1.83. The first kappa shape index (κ1) is 88.3. The Morgan fingerprint density at radius 3 is 1.31 bits per heavy atom. The van der Waals surface area contributed by atoms with E-state index in [0.717, 1.165) is 0 Å². The summed E-state index contributed by atoms with van der Waals surface area (Å²) in [6.45, 7) is 1.69. The molecule has 0 saturated heterocycles. The minimum absolute atomic E-state index is 0.0616. The van der Waals surface area contributed by atoms with Crippen molar-refractivity contribution >= 4 is 118 Å². The second kappa shape index (κ2) is 44.7. The molecule has 5 rings (SSSR count). The van der Waals surface area contributed by atoms with Crippen molar-refractivity contribution in [3.8, 4) is 0 Å². The Kier molecular flexibility index (Phi) is 35.6. The van der Waals surface area contributed by atoms with E-state index in [2.05, 4.69) is 68.8 Å². The van der Waals surface area contributed by atoms with Crippen molar-refractivity contribution in [1.82, 2.24) is 74.1 Å². The molecule has 1 aromatic heterocycles. The van der Waals surface area contributed by atoms with E-state index < -0.39 is 225 Å². The number of aromatic carboxylic acids is 1. The molecule has 13 amide bonds. The first-order chi connectivity index (χ1) is 52.7. The fourth-order valence-electron chi connectivity index (χ4n) is 11.1. The molecule has 0 radical (unpaired) electrons. The molecule has 111 heavy (non-hydrogen) atoms. The molecule has 596 valence electrons. The molecule has 0 bridgehead atoms. The third-order valence-electron chi connectivity index (χ3n) is 16.9. The van der Waals surface area contributed by atoms with Crippen LogP contribution >= 0.6 is 0 Å². The van der Waals surface area contributed by atoms with Crippen LogP contribution in [0.3, 0.4) is 0 Å². The molecule has 0 aliphatic rings. The Morgan fingerprint density at radius 2 is 0.775 bits per heavy atom. The van der Waals surface area contributed by atoms with Gasteiger partial charge in [-0.25, -0.2) is 19.2 Å². The Labute approximate surface area is 633 Å². The third kappa shape index (κ3) is 31.6. The molecule has 38 nitrogen and oxygen atoms in total. The number of hydrogen-bond acceptors (Lipinski definition) is 18. The second-order valence-corrected chi connectivity index (χ2v) is 25.7. The summed E-state index contributed by atoms with van der Waals surface area (Å²) in [5, 5.41) is 88.7. The number of carboxylic acids is 6. The molecule has 0 spiro atoms. The molecular formula is C73H90N14O24. The normalized spacial score (nSPS) is 13.5. The Morgan fingerprint density at radius 1 is 0.369 bits per heavy atom. The zero-order chi connectivity index (χ0) is 81.9. The first-order valence-electron chi connectivity index (χ1n) is 35.0. The van der Waals surface area contributed by atoms with E-state index in [1.165, 1.54) is 45.0 Å². The summed E-state index contributed by atoms with van der Waals surface area (Å²) in [6, 6.07) is 13.0. The van der Waals surface area contributed by atoms with Gasteiger partial charge in [-0.1, -0.05) is 91.0 Å². The van der Waals surface area contributed by atoms with Gasteiger partial charge in [-0.05, 0) is 92.8 Å². The van der Waals surface area contributed by atoms with Crippen molar-refractivity contribution in [2.75, 3.05) is 19.6 Å². The standard InChI is InChI=1S/C73H90N14O24/c1-39(79-68(103)55(33-43-17-8-5-9-18-43)85-69(104)54(80-41(3)88)32-42-15-6-4-7-16-42)62(97)78-40(2)63(98)83-50(25-28-60(93)94)67(102)84-49(24-27-59(91)92)64(99)76-37-57(89)81-53(34-44-19-14-20-45(31-44)70(105)106)66(101)77-38-58(90)82-56(35-46-36-75-48-22-11-10-21-47(46)48)65(100)74-30-13-12-23-51(71(107)108)86-73(111)87-52(72(109)110)26-29-61(95)96/h4-11,14-22,31,36,39-40,49-56,75H,12-13,23-30,32-35,37-38H2,1-3H3,(H,74,100)(H,76,99)(H,77,101)(H,78,97)(H,79,103)(H,80,88)(H,81,89)(H,82,90)(H,83,98)(H,84,102)(H,85,104)(H,91,92)(H,93,94)(H,95,96)(H,105,106)(H,107,108)(H,109,110)(H2,86,87,111)/t39-,40-,49-,50-,51-,52-,53-,54-,55-,56-/m0/s1. The number of aliphatic carboxylic acids is 5. The average molecular weight is 1550 g/mol. The number of H-pyrrole nitrogens is 1. The van der Waals surface area contributed by atoms with E-state index in [1.54, 1.807) is 91.1 Å². The van der Waals surface area contributed by atoms with Gasteiger partial charge in [0.2, 0.25) is 65.0 Å². The Balaban J connectivity index is 1.23. The minimum Gasteiger partial charge on any atom is -0.481 e. The van der Waals surface area contributed by atoms with Gasteiger partial charge in [-0.3, -0.25) is 67.1 Å². The van der Waals surface area contributed by atoms with Gasteiger partial charge in [0.05, 0.1) is 18.7 Å². The average Bonchev–Trinajstić information content (AvgIpc) is 1.71. The quantitative estimate of drug-likeness (QED) is 0.0195. The van der Waals surface area contributed by atoms with Crippen LogP contribution < -0.4 is 69.1 Å². The van der Waals surface area contributed by atoms with Crippen molar-refractivity contribution in [2.45, 2.75) is 165 Å². The molecule has 0 fully saturated rings. The summed E-state index contributed by atoms with van der Waals surface area (Å²) in [5.41, 5.74) is 2.48. The molecule has 20 N–H and O–H groups in total. The van der Waals surface area contributed by atoms with Gasteiger partial charge in [-0.2, -0.15) is 0 Å². The van der Waals surface area contributed by atoms with Crippen molar-refractivity contribution < 1.29 is 117 Å². The van der Waals surface area contributed by atoms with Gasteiger partial charge in [0, 0.05) is 75.5 Å². The number of urea groups is 1. The number of aromatic nitrogens is 1. The lowest BCUT2D eigenvalue weighted by Crippen LogP contribution is -2.59.